The predicted molar refractivity (Wildman–Crippen MR) is 94.9 cm³/mol. The number of methoxy groups -OCH3 is 2. The standard InChI is InChI=1S/C16H12N4O2S2/c1-21-11-9(5-3-7-17-11)13-19-15-16(23-13)20-14(24-15)10-6-4-8-18-12(10)22-2/h3-8H,1-2H3. The van der Waals surface area contributed by atoms with Gasteiger partial charge in [-0.3, -0.25) is 0 Å². The molecule has 0 atom stereocenters. The molecule has 0 aliphatic heterocycles. The average Bonchev–Trinajstić information content (AvgIpc) is 3.20. The minimum absolute atomic E-state index is 0.563. The molecule has 4 heterocycles. The van der Waals surface area contributed by atoms with Gasteiger partial charge in [-0.15, -0.1) is 0 Å². The Kier molecular flexibility index (Phi) is 3.83. The number of ether oxygens (including phenoxy) is 2. The van der Waals surface area contributed by atoms with Gasteiger partial charge in [-0.05, 0) is 24.3 Å². The summed E-state index contributed by atoms with van der Waals surface area (Å²) >= 11 is 3.03. The van der Waals surface area contributed by atoms with E-state index in [1.54, 1.807) is 26.6 Å². The van der Waals surface area contributed by atoms with Gasteiger partial charge >= 0.3 is 0 Å². The molecule has 0 saturated carbocycles. The van der Waals surface area contributed by atoms with Crippen molar-refractivity contribution in [2.75, 3.05) is 14.2 Å². The summed E-state index contributed by atoms with van der Waals surface area (Å²) in [5.41, 5.74) is 1.74. The number of nitrogens with zero attached hydrogens (tertiary/aromatic N) is 4. The van der Waals surface area contributed by atoms with E-state index < -0.39 is 0 Å². The van der Waals surface area contributed by atoms with Crippen LogP contribution in [0.2, 0.25) is 0 Å². The maximum absolute atomic E-state index is 5.31. The molecule has 0 aromatic carbocycles. The smallest absolute Gasteiger partial charge is 0.223 e. The van der Waals surface area contributed by atoms with E-state index >= 15 is 0 Å². The van der Waals surface area contributed by atoms with Crippen molar-refractivity contribution in [2.45, 2.75) is 0 Å². The summed E-state index contributed by atoms with van der Waals surface area (Å²) in [5.74, 6) is 1.13. The Hall–Kier alpha value is -2.58. The minimum Gasteiger partial charge on any atom is -0.480 e. The molecule has 0 N–H and O–H groups in total. The van der Waals surface area contributed by atoms with Crippen LogP contribution in [0.3, 0.4) is 0 Å². The second-order valence-corrected chi connectivity index (χ2v) is 6.72. The monoisotopic (exact) mass is 356 g/mol. The molecule has 4 aromatic rings. The molecule has 0 aliphatic carbocycles. The Morgan fingerprint density at radius 3 is 1.62 bits per heavy atom. The number of aromatic nitrogens is 4. The summed E-state index contributed by atoms with van der Waals surface area (Å²) < 4.78 is 10.6. The second kappa shape index (κ2) is 6.14. The SMILES string of the molecule is COc1ncccc1-c1nc2sc(-c3cccnc3OC)nc2s1. The molecule has 4 rings (SSSR count). The van der Waals surface area contributed by atoms with Gasteiger partial charge in [-0.2, -0.15) is 0 Å². The highest BCUT2D eigenvalue weighted by Crippen LogP contribution is 2.40. The van der Waals surface area contributed by atoms with E-state index in [0.717, 1.165) is 30.8 Å². The first-order valence-electron chi connectivity index (χ1n) is 7.06. The van der Waals surface area contributed by atoms with Crippen molar-refractivity contribution in [3.05, 3.63) is 36.7 Å². The molecule has 8 heteroatoms. The predicted octanol–water partition coefficient (Wildman–Crippen LogP) is 3.89. The van der Waals surface area contributed by atoms with Crippen molar-refractivity contribution in [1.82, 2.24) is 19.9 Å². The zero-order valence-electron chi connectivity index (χ0n) is 12.9. The fourth-order valence-electron chi connectivity index (χ4n) is 2.30. The fourth-order valence-corrected chi connectivity index (χ4v) is 4.38. The minimum atomic E-state index is 0.563. The van der Waals surface area contributed by atoms with Gasteiger partial charge < -0.3 is 9.47 Å². The third-order valence-electron chi connectivity index (χ3n) is 3.37. The van der Waals surface area contributed by atoms with Crippen LogP contribution >= 0.6 is 22.7 Å². The number of thiazole rings is 2. The number of hydrogen-bond acceptors (Lipinski definition) is 8. The maximum Gasteiger partial charge on any atom is 0.223 e. The summed E-state index contributed by atoms with van der Waals surface area (Å²) in [7, 11) is 3.21. The highest BCUT2D eigenvalue weighted by atomic mass is 32.1. The largest absolute Gasteiger partial charge is 0.480 e. The van der Waals surface area contributed by atoms with Crippen molar-refractivity contribution in [3.63, 3.8) is 0 Å². The van der Waals surface area contributed by atoms with Gasteiger partial charge in [0.15, 0.2) is 9.66 Å². The van der Waals surface area contributed by atoms with Crippen LogP contribution in [0.25, 0.3) is 30.8 Å². The van der Waals surface area contributed by atoms with Crippen LogP contribution in [0.4, 0.5) is 0 Å². The summed E-state index contributed by atoms with van der Waals surface area (Å²) in [5, 5.41) is 1.69. The van der Waals surface area contributed by atoms with E-state index in [-0.39, 0.29) is 0 Å². The van der Waals surface area contributed by atoms with E-state index in [9.17, 15) is 0 Å². The molecule has 6 nitrogen and oxygen atoms in total. The highest BCUT2D eigenvalue weighted by Gasteiger charge is 2.17. The van der Waals surface area contributed by atoms with Gasteiger partial charge in [-0.1, -0.05) is 22.7 Å². The van der Waals surface area contributed by atoms with Crippen molar-refractivity contribution >= 4 is 32.3 Å². The average molecular weight is 356 g/mol. The lowest BCUT2D eigenvalue weighted by molar-refractivity contribution is 0.399. The summed E-state index contributed by atoms with van der Waals surface area (Å²) in [6, 6.07) is 7.62. The molecule has 0 saturated heterocycles. The second-order valence-electron chi connectivity index (χ2n) is 4.77. The third kappa shape index (κ3) is 2.49. The van der Waals surface area contributed by atoms with Crippen LogP contribution in [-0.4, -0.2) is 34.2 Å². The summed E-state index contributed by atoms with van der Waals surface area (Å²) in [6.07, 6.45) is 3.40. The lowest BCUT2D eigenvalue weighted by atomic mass is 10.3. The van der Waals surface area contributed by atoms with Gasteiger partial charge in [0.1, 0.15) is 10.0 Å². The van der Waals surface area contributed by atoms with Crippen LogP contribution < -0.4 is 9.47 Å². The molecule has 120 valence electrons. The van der Waals surface area contributed by atoms with Crippen molar-refractivity contribution in [2.24, 2.45) is 0 Å². The Labute approximate surface area is 145 Å². The molecule has 0 spiro atoms. The fraction of sp³-hybridized carbons (Fsp3) is 0.125. The molecule has 0 radical (unpaired) electrons. The first-order chi connectivity index (χ1) is 11.8. The van der Waals surface area contributed by atoms with E-state index in [4.69, 9.17) is 9.47 Å². The van der Waals surface area contributed by atoms with Gasteiger partial charge in [0, 0.05) is 12.4 Å². The molecular formula is C16H12N4O2S2. The van der Waals surface area contributed by atoms with Crippen molar-refractivity contribution in [3.8, 4) is 32.9 Å². The molecule has 24 heavy (non-hydrogen) atoms. The Morgan fingerprint density at radius 1 is 0.750 bits per heavy atom. The topological polar surface area (TPSA) is 70.0 Å². The van der Waals surface area contributed by atoms with Crippen LogP contribution in [0, 0.1) is 0 Å². The third-order valence-corrected chi connectivity index (χ3v) is 5.46. The maximum atomic E-state index is 5.31. The van der Waals surface area contributed by atoms with E-state index in [1.165, 1.54) is 22.7 Å². The first kappa shape index (κ1) is 15.0. The molecule has 0 bridgehead atoms. The Bertz CT molecular complexity index is 904. The number of rotatable bonds is 4. The molecular weight excluding hydrogens is 344 g/mol. The van der Waals surface area contributed by atoms with E-state index in [1.807, 2.05) is 24.3 Å². The summed E-state index contributed by atoms with van der Waals surface area (Å²) in [4.78, 5) is 19.6. The Balaban J connectivity index is 1.78. The quantitative estimate of drug-likeness (QED) is 0.552. The lowest BCUT2D eigenvalue weighted by Gasteiger charge is -2.03. The number of pyridine rings is 2. The van der Waals surface area contributed by atoms with Gasteiger partial charge in [0.05, 0.1) is 25.3 Å². The van der Waals surface area contributed by atoms with E-state index in [2.05, 4.69) is 19.9 Å². The Morgan fingerprint density at radius 2 is 1.21 bits per heavy atom. The number of fused-ring (bicyclic) bond motifs is 1. The number of hydrogen-bond donors (Lipinski definition) is 0. The van der Waals surface area contributed by atoms with Crippen LogP contribution in [0.5, 0.6) is 11.8 Å². The van der Waals surface area contributed by atoms with Crippen molar-refractivity contribution < 1.29 is 9.47 Å². The molecule has 0 aliphatic rings. The van der Waals surface area contributed by atoms with Crippen molar-refractivity contribution in [1.29, 1.82) is 0 Å². The summed E-state index contributed by atoms with van der Waals surface area (Å²) in [6.45, 7) is 0. The normalized spacial score (nSPS) is 10.9. The van der Waals surface area contributed by atoms with Crippen LogP contribution in [-0.2, 0) is 0 Å². The zero-order chi connectivity index (χ0) is 16.5. The molecule has 0 amide bonds. The lowest BCUT2D eigenvalue weighted by Crippen LogP contribution is -1.90. The van der Waals surface area contributed by atoms with Gasteiger partial charge in [0.25, 0.3) is 0 Å². The van der Waals surface area contributed by atoms with Gasteiger partial charge in [-0.25, -0.2) is 19.9 Å². The van der Waals surface area contributed by atoms with E-state index in [0.29, 0.717) is 11.8 Å². The zero-order valence-corrected chi connectivity index (χ0v) is 14.5. The van der Waals surface area contributed by atoms with Gasteiger partial charge in [0.2, 0.25) is 11.8 Å². The highest BCUT2D eigenvalue weighted by molar-refractivity contribution is 7.29. The van der Waals surface area contributed by atoms with Crippen LogP contribution in [0.15, 0.2) is 36.7 Å². The molecule has 0 unspecified atom stereocenters. The first-order valence-corrected chi connectivity index (χ1v) is 8.69. The molecule has 0 fully saturated rings. The molecule has 4 aromatic heterocycles. The van der Waals surface area contributed by atoms with Crippen LogP contribution in [0.1, 0.15) is 0 Å².